The van der Waals surface area contributed by atoms with Gasteiger partial charge in [0.2, 0.25) is 5.91 Å². The monoisotopic (exact) mass is 260 g/mol. The fourth-order valence-electron chi connectivity index (χ4n) is 1.61. The highest BCUT2D eigenvalue weighted by Crippen LogP contribution is 2.12. The van der Waals surface area contributed by atoms with Crippen LogP contribution < -0.4 is 10.1 Å². The Morgan fingerprint density at radius 2 is 2.26 bits per heavy atom. The minimum Gasteiger partial charge on any atom is -0.493 e. The predicted molar refractivity (Wildman–Crippen MR) is 73.8 cm³/mol. The van der Waals surface area contributed by atoms with Gasteiger partial charge in [0.15, 0.2) is 0 Å². The number of amides is 1. The summed E-state index contributed by atoms with van der Waals surface area (Å²) < 4.78 is 5.50. The number of nitriles is 1. The molecule has 0 aromatic heterocycles. The molecule has 1 rings (SSSR count). The van der Waals surface area contributed by atoms with Crippen molar-refractivity contribution in [3.05, 3.63) is 29.8 Å². The molecule has 0 atom stereocenters. The van der Waals surface area contributed by atoms with Crippen LogP contribution in [0.4, 0.5) is 0 Å². The molecule has 19 heavy (non-hydrogen) atoms. The third-order valence-electron chi connectivity index (χ3n) is 2.62. The Morgan fingerprint density at radius 1 is 1.42 bits per heavy atom. The van der Waals surface area contributed by atoms with Gasteiger partial charge in [-0.1, -0.05) is 12.1 Å². The van der Waals surface area contributed by atoms with Gasteiger partial charge in [-0.15, -0.1) is 0 Å². The van der Waals surface area contributed by atoms with E-state index in [4.69, 9.17) is 10.00 Å². The van der Waals surface area contributed by atoms with Crippen LogP contribution in [0.2, 0.25) is 0 Å². The number of hydrogen-bond donors (Lipinski definition) is 1. The molecule has 0 saturated heterocycles. The average molecular weight is 260 g/mol. The Hall–Kier alpha value is -2.02. The third-order valence-corrected chi connectivity index (χ3v) is 2.62. The van der Waals surface area contributed by atoms with Crippen molar-refractivity contribution in [1.29, 1.82) is 5.26 Å². The number of carbonyl (C=O) groups excluding carboxylic acids is 1. The lowest BCUT2D eigenvalue weighted by Crippen LogP contribution is -2.25. The van der Waals surface area contributed by atoms with Crippen LogP contribution in [0.1, 0.15) is 31.2 Å². The zero-order chi connectivity index (χ0) is 13.9. The quantitative estimate of drug-likeness (QED) is 0.731. The number of aryl methyl sites for hydroxylation is 1. The maximum Gasteiger partial charge on any atom is 0.223 e. The molecule has 0 spiro atoms. The zero-order valence-corrected chi connectivity index (χ0v) is 11.3. The summed E-state index contributed by atoms with van der Waals surface area (Å²) in [5.41, 5.74) is 1.14. The number of carbonyl (C=O) groups is 1. The van der Waals surface area contributed by atoms with Crippen LogP contribution in [-0.2, 0) is 4.79 Å². The topological polar surface area (TPSA) is 62.1 Å². The molecule has 1 N–H and O–H groups in total. The second kappa shape index (κ2) is 8.98. The number of ether oxygens (including phenoxy) is 1. The highest BCUT2D eigenvalue weighted by molar-refractivity contribution is 5.75. The third kappa shape index (κ3) is 7.10. The minimum absolute atomic E-state index is 0.00962. The molecule has 0 fully saturated rings. The van der Waals surface area contributed by atoms with E-state index >= 15 is 0 Å². The van der Waals surface area contributed by atoms with Crippen molar-refractivity contribution in [1.82, 2.24) is 5.32 Å². The van der Waals surface area contributed by atoms with Gasteiger partial charge in [-0.05, 0) is 37.5 Å². The fraction of sp³-hybridized carbons (Fsp3) is 0.467. The SMILES string of the molecule is Cc1cccc(OCCC(=O)NCCCCC#N)c1. The summed E-state index contributed by atoms with van der Waals surface area (Å²) in [6.45, 7) is 3.01. The van der Waals surface area contributed by atoms with E-state index in [1.54, 1.807) is 0 Å². The maximum absolute atomic E-state index is 11.5. The molecule has 4 heteroatoms. The van der Waals surface area contributed by atoms with Gasteiger partial charge in [0.1, 0.15) is 5.75 Å². The van der Waals surface area contributed by atoms with E-state index in [-0.39, 0.29) is 5.91 Å². The van der Waals surface area contributed by atoms with Crippen LogP contribution in [-0.4, -0.2) is 19.1 Å². The predicted octanol–water partition coefficient (Wildman–Crippen LogP) is 2.57. The van der Waals surface area contributed by atoms with Crippen LogP contribution in [0, 0.1) is 18.3 Å². The van der Waals surface area contributed by atoms with Gasteiger partial charge in [0, 0.05) is 13.0 Å². The molecule has 0 saturated carbocycles. The summed E-state index contributed by atoms with van der Waals surface area (Å²) in [7, 11) is 0. The van der Waals surface area contributed by atoms with Crippen LogP contribution in [0.5, 0.6) is 5.75 Å². The first kappa shape index (κ1) is 15.0. The van der Waals surface area contributed by atoms with E-state index in [0.29, 0.717) is 26.0 Å². The fourth-order valence-corrected chi connectivity index (χ4v) is 1.61. The number of benzene rings is 1. The summed E-state index contributed by atoms with van der Waals surface area (Å²) in [6.07, 6.45) is 2.58. The first-order chi connectivity index (χ1) is 9.22. The van der Waals surface area contributed by atoms with Crippen LogP contribution in [0.15, 0.2) is 24.3 Å². The van der Waals surface area contributed by atoms with Gasteiger partial charge >= 0.3 is 0 Å². The van der Waals surface area contributed by atoms with Crippen LogP contribution in [0.3, 0.4) is 0 Å². The number of nitrogens with one attached hydrogen (secondary N) is 1. The lowest BCUT2D eigenvalue weighted by molar-refractivity contribution is -0.121. The second-order valence-corrected chi connectivity index (χ2v) is 4.38. The van der Waals surface area contributed by atoms with Gasteiger partial charge < -0.3 is 10.1 Å². The molecule has 1 aromatic carbocycles. The van der Waals surface area contributed by atoms with Crippen LogP contribution >= 0.6 is 0 Å². The molecule has 4 nitrogen and oxygen atoms in total. The Balaban J connectivity index is 2.09. The smallest absolute Gasteiger partial charge is 0.223 e. The summed E-state index contributed by atoms with van der Waals surface area (Å²) in [5.74, 6) is 0.784. The molecule has 0 aliphatic heterocycles. The van der Waals surface area contributed by atoms with Crippen molar-refractivity contribution in [3.63, 3.8) is 0 Å². The minimum atomic E-state index is -0.00962. The largest absolute Gasteiger partial charge is 0.493 e. The molecule has 102 valence electrons. The number of rotatable bonds is 8. The molecule has 0 heterocycles. The molecular weight excluding hydrogens is 240 g/mol. The van der Waals surface area contributed by atoms with Crippen molar-refractivity contribution in [3.8, 4) is 11.8 Å². The highest BCUT2D eigenvalue weighted by Gasteiger charge is 2.01. The van der Waals surface area contributed by atoms with Gasteiger partial charge in [0.25, 0.3) is 0 Å². The van der Waals surface area contributed by atoms with Crippen molar-refractivity contribution in [2.24, 2.45) is 0 Å². The normalized spacial score (nSPS) is 9.68. The summed E-state index contributed by atoms with van der Waals surface area (Å²) >= 11 is 0. The average Bonchev–Trinajstić information content (AvgIpc) is 2.38. The lowest BCUT2D eigenvalue weighted by atomic mass is 10.2. The van der Waals surface area contributed by atoms with Gasteiger partial charge in [-0.25, -0.2) is 0 Å². The van der Waals surface area contributed by atoms with Crippen molar-refractivity contribution in [2.75, 3.05) is 13.2 Å². The number of nitrogens with zero attached hydrogens (tertiary/aromatic N) is 1. The second-order valence-electron chi connectivity index (χ2n) is 4.38. The maximum atomic E-state index is 11.5. The molecule has 0 aliphatic rings. The Labute approximate surface area is 114 Å². The first-order valence-corrected chi connectivity index (χ1v) is 6.55. The van der Waals surface area contributed by atoms with E-state index in [1.807, 2.05) is 31.2 Å². The van der Waals surface area contributed by atoms with Crippen LogP contribution in [0.25, 0.3) is 0 Å². The van der Waals surface area contributed by atoms with E-state index in [1.165, 1.54) is 0 Å². The Morgan fingerprint density at radius 3 is 3.00 bits per heavy atom. The Bertz CT molecular complexity index is 438. The summed E-state index contributed by atoms with van der Waals surface area (Å²) in [6, 6.07) is 9.84. The summed E-state index contributed by atoms with van der Waals surface area (Å²) in [4.78, 5) is 11.5. The van der Waals surface area contributed by atoms with E-state index in [0.717, 1.165) is 24.2 Å². The Kier molecular flexibility index (Phi) is 7.11. The van der Waals surface area contributed by atoms with E-state index < -0.39 is 0 Å². The lowest BCUT2D eigenvalue weighted by Gasteiger charge is -2.07. The summed E-state index contributed by atoms with van der Waals surface area (Å²) in [5, 5.41) is 11.2. The van der Waals surface area contributed by atoms with Crippen molar-refractivity contribution >= 4 is 5.91 Å². The highest BCUT2D eigenvalue weighted by atomic mass is 16.5. The standard InChI is InChI=1S/C15H20N2O2/c1-13-6-5-7-14(12-13)19-11-8-15(18)17-10-4-2-3-9-16/h5-7,12H,2-4,8,10-11H2,1H3,(H,17,18). The number of unbranched alkanes of at least 4 members (excludes halogenated alkanes) is 2. The van der Waals surface area contributed by atoms with Gasteiger partial charge in [-0.3, -0.25) is 4.79 Å². The zero-order valence-electron chi connectivity index (χ0n) is 11.3. The molecule has 0 unspecified atom stereocenters. The molecule has 1 aromatic rings. The number of hydrogen-bond acceptors (Lipinski definition) is 3. The molecule has 0 bridgehead atoms. The van der Waals surface area contributed by atoms with E-state index in [2.05, 4.69) is 11.4 Å². The molecule has 0 radical (unpaired) electrons. The molecule has 0 aliphatic carbocycles. The van der Waals surface area contributed by atoms with Gasteiger partial charge in [-0.2, -0.15) is 5.26 Å². The first-order valence-electron chi connectivity index (χ1n) is 6.55. The molecular formula is C15H20N2O2. The van der Waals surface area contributed by atoms with Gasteiger partial charge in [0.05, 0.1) is 19.1 Å². The van der Waals surface area contributed by atoms with E-state index in [9.17, 15) is 4.79 Å². The van der Waals surface area contributed by atoms with Crippen molar-refractivity contribution in [2.45, 2.75) is 32.6 Å². The van der Waals surface area contributed by atoms with Crippen molar-refractivity contribution < 1.29 is 9.53 Å². The molecule has 1 amide bonds.